The summed E-state index contributed by atoms with van der Waals surface area (Å²) in [5, 5.41) is 8.08. The van der Waals surface area contributed by atoms with Crippen LogP contribution in [0.1, 0.15) is 26.3 Å². The first-order valence-corrected chi connectivity index (χ1v) is 30.7. The molecule has 17 aromatic rings. The van der Waals surface area contributed by atoms with Crippen molar-refractivity contribution < 1.29 is 17.7 Å². The van der Waals surface area contributed by atoms with E-state index in [9.17, 15) is 0 Å². The van der Waals surface area contributed by atoms with Gasteiger partial charge in [-0.2, -0.15) is 0 Å². The zero-order valence-corrected chi connectivity index (χ0v) is 49.0. The summed E-state index contributed by atoms with van der Waals surface area (Å²) in [6.07, 6.45) is 0. The molecule has 0 aliphatic carbocycles. The van der Waals surface area contributed by atoms with Gasteiger partial charge in [0.1, 0.15) is 33.5 Å². The van der Waals surface area contributed by atoms with Crippen LogP contribution in [0, 0.1) is 0 Å². The third kappa shape index (κ3) is 7.10. The van der Waals surface area contributed by atoms with Crippen molar-refractivity contribution in [3.63, 3.8) is 0 Å². The molecule has 89 heavy (non-hydrogen) atoms. The van der Waals surface area contributed by atoms with Crippen LogP contribution in [0.3, 0.4) is 0 Å². The molecule has 0 atom stereocenters. The Hall–Kier alpha value is -11.3. The van der Waals surface area contributed by atoms with Crippen LogP contribution in [-0.2, 0) is 5.41 Å². The summed E-state index contributed by atoms with van der Waals surface area (Å²) in [5.41, 5.74) is 24.9. The van der Waals surface area contributed by atoms with Gasteiger partial charge in [0.05, 0.1) is 22.7 Å². The fraction of sp³-hybridized carbons (Fsp3) is 0.0488. The lowest BCUT2D eigenvalue weighted by Crippen LogP contribution is -2.62. The maximum Gasteiger partial charge on any atom is 0.262 e. The van der Waals surface area contributed by atoms with E-state index >= 15 is 0 Å². The zero-order chi connectivity index (χ0) is 58.8. The van der Waals surface area contributed by atoms with Crippen LogP contribution in [0.2, 0.25) is 0 Å². The van der Waals surface area contributed by atoms with E-state index in [0.717, 1.165) is 183 Å². The molecule has 0 unspecified atom stereocenters. The Morgan fingerprint density at radius 2 is 0.629 bits per heavy atom. The van der Waals surface area contributed by atoms with Crippen LogP contribution >= 0.6 is 0 Å². The van der Waals surface area contributed by atoms with Gasteiger partial charge in [-0.1, -0.05) is 233 Å². The van der Waals surface area contributed by atoms with Gasteiger partial charge in [-0.05, 0) is 104 Å². The molecule has 0 bridgehead atoms. The zero-order valence-electron chi connectivity index (χ0n) is 49.0. The molecule has 6 heterocycles. The second-order valence-corrected chi connectivity index (χ2v) is 24.9. The molecular weight excluding hydrogens is 1090 g/mol. The fourth-order valence-electron chi connectivity index (χ4n) is 15.1. The van der Waals surface area contributed by atoms with Crippen molar-refractivity contribution >= 4 is 145 Å². The number of nitrogens with zero attached hydrogens (tertiary/aromatic N) is 2. The monoisotopic (exact) mass is 1140 g/mol. The Labute approximate surface area is 512 Å². The quantitative estimate of drug-likeness (QED) is 0.155. The van der Waals surface area contributed by atoms with Crippen LogP contribution in [0.15, 0.2) is 285 Å². The van der Waals surface area contributed by atoms with E-state index in [0.29, 0.717) is 0 Å². The number of furan rings is 4. The number of para-hydroxylation sites is 5. The highest BCUT2D eigenvalue weighted by Crippen LogP contribution is 2.57. The van der Waals surface area contributed by atoms with Gasteiger partial charge >= 0.3 is 0 Å². The second-order valence-electron chi connectivity index (χ2n) is 24.9. The molecule has 13 aromatic carbocycles. The van der Waals surface area contributed by atoms with Gasteiger partial charge in [0.15, 0.2) is 11.2 Å². The molecule has 2 aliphatic rings. The van der Waals surface area contributed by atoms with Crippen molar-refractivity contribution in [2.45, 2.75) is 26.2 Å². The van der Waals surface area contributed by atoms with Crippen molar-refractivity contribution in [1.82, 2.24) is 0 Å². The molecule has 7 heteroatoms. The maximum atomic E-state index is 7.68. The van der Waals surface area contributed by atoms with Crippen molar-refractivity contribution in [3.05, 3.63) is 272 Å². The van der Waals surface area contributed by atoms with E-state index in [1.165, 1.54) is 5.56 Å². The number of benzene rings is 13. The first-order valence-electron chi connectivity index (χ1n) is 30.7. The first kappa shape index (κ1) is 49.9. The Morgan fingerprint density at radius 1 is 0.281 bits per heavy atom. The summed E-state index contributed by atoms with van der Waals surface area (Å²) in [5.74, 6) is 0. The first-order chi connectivity index (χ1) is 43.8. The predicted octanol–water partition coefficient (Wildman–Crippen LogP) is 21.3. The Morgan fingerprint density at radius 3 is 1.09 bits per heavy atom. The summed E-state index contributed by atoms with van der Waals surface area (Å²) in [6.45, 7) is 6.34. The maximum absolute atomic E-state index is 7.68. The summed E-state index contributed by atoms with van der Waals surface area (Å²) >= 11 is 0. The number of hydrogen-bond acceptors (Lipinski definition) is 6. The molecule has 0 saturated carbocycles. The van der Waals surface area contributed by atoms with Gasteiger partial charge in [0, 0.05) is 76.5 Å². The lowest BCUT2D eigenvalue weighted by Gasteiger charge is -2.45. The average molecular weight is 1140 g/mol. The lowest BCUT2D eigenvalue weighted by atomic mass is 9.33. The van der Waals surface area contributed by atoms with E-state index in [1.54, 1.807) is 0 Å². The van der Waals surface area contributed by atoms with E-state index in [-0.39, 0.29) is 5.41 Å². The van der Waals surface area contributed by atoms with Crippen LogP contribution < -0.4 is 26.2 Å². The summed E-state index contributed by atoms with van der Waals surface area (Å²) in [6, 6.07) is 96.2. The average Bonchev–Trinajstić information content (AvgIpc) is 1.66. The van der Waals surface area contributed by atoms with E-state index in [1.807, 2.05) is 0 Å². The van der Waals surface area contributed by atoms with Gasteiger partial charge in [-0.25, -0.2) is 0 Å². The number of rotatable bonds is 6. The molecule has 418 valence electrons. The topological polar surface area (TPSA) is 59.0 Å². The number of anilines is 6. The van der Waals surface area contributed by atoms with Gasteiger partial charge in [0.2, 0.25) is 0 Å². The van der Waals surface area contributed by atoms with E-state index < -0.39 is 6.71 Å². The normalized spacial score (nSPS) is 13.0. The highest BCUT2D eigenvalue weighted by Gasteiger charge is 2.51. The molecular formula is C82H53BN2O4. The van der Waals surface area contributed by atoms with Crippen LogP contribution in [0.25, 0.3) is 132 Å². The van der Waals surface area contributed by atoms with E-state index in [4.69, 9.17) is 17.7 Å². The van der Waals surface area contributed by atoms with Gasteiger partial charge in [-0.15, -0.1) is 0 Å². The molecule has 4 aromatic heterocycles. The minimum absolute atomic E-state index is 0.171. The Bertz CT molecular complexity index is 5810. The molecule has 2 aliphatic heterocycles. The smallest absolute Gasteiger partial charge is 0.262 e. The van der Waals surface area contributed by atoms with Crippen molar-refractivity contribution in [3.8, 4) is 44.5 Å². The number of fused-ring (bicyclic) bond motifs is 22. The van der Waals surface area contributed by atoms with Crippen LogP contribution in [0.5, 0.6) is 0 Å². The molecule has 0 N–H and O–H groups in total. The molecule has 0 fully saturated rings. The van der Waals surface area contributed by atoms with Gasteiger partial charge in [0.25, 0.3) is 6.71 Å². The third-order valence-corrected chi connectivity index (χ3v) is 19.0. The number of hydrogen-bond donors (Lipinski definition) is 0. The fourth-order valence-corrected chi connectivity index (χ4v) is 15.1. The minimum Gasteiger partial charge on any atom is -0.456 e. The van der Waals surface area contributed by atoms with E-state index in [2.05, 4.69) is 297 Å². The molecule has 19 rings (SSSR count). The minimum atomic E-state index is -0.560. The molecule has 0 spiro atoms. The third-order valence-electron chi connectivity index (χ3n) is 19.0. The second kappa shape index (κ2) is 18.6. The highest BCUT2D eigenvalue weighted by molar-refractivity contribution is 7.03. The molecule has 0 radical (unpaired) electrons. The summed E-state index contributed by atoms with van der Waals surface area (Å²) in [7, 11) is 0. The molecule has 0 amide bonds. The summed E-state index contributed by atoms with van der Waals surface area (Å²) in [4.78, 5) is 5.08. The van der Waals surface area contributed by atoms with Crippen molar-refractivity contribution in [2.75, 3.05) is 9.80 Å². The summed E-state index contributed by atoms with van der Waals surface area (Å²) < 4.78 is 30.6. The Kier molecular flexibility index (Phi) is 10.4. The van der Waals surface area contributed by atoms with Crippen molar-refractivity contribution in [1.29, 1.82) is 0 Å². The van der Waals surface area contributed by atoms with Gasteiger partial charge < -0.3 is 27.5 Å². The molecule has 0 saturated heterocycles. The molecule has 6 nitrogen and oxygen atoms in total. The van der Waals surface area contributed by atoms with Crippen LogP contribution in [0.4, 0.5) is 34.1 Å². The largest absolute Gasteiger partial charge is 0.456 e. The highest BCUT2D eigenvalue weighted by atomic mass is 16.3. The standard InChI is InChI=1S/C82H53BN2O4/c1-82(2,3)52-43-44-62(60(47-52)50-29-11-6-12-30-50)85-64-46-51(54-32-14-13-31-53(54)48-25-7-4-8-26-48)45-63-73(64)83(75-77(85)81-72(59-37-19-24-42-68(59)89-81)70-57-35-17-22-40-66(57)87-79(70)75)74-76(84(63)61-38-20-15-33-55(61)49-27-9-5-10-28-49)80-71(58-36-18-23-41-67(58)88-80)69-56-34-16-21-39-65(56)86-78(69)74/h4-47H,1-3H3. The lowest BCUT2D eigenvalue weighted by molar-refractivity contribution is 0.590. The Balaban J connectivity index is 1.09. The van der Waals surface area contributed by atoms with Crippen molar-refractivity contribution in [2.24, 2.45) is 0 Å². The van der Waals surface area contributed by atoms with Crippen LogP contribution in [-0.4, -0.2) is 6.71 Å². The van der Waals surface area contributed by atoms with Gasteiger partial charge in [-0.3, -0.25) is 0 Å². The predicted molar refractivity (Wildman–Crippen MR) is 370 cm³/mol. The SMILES string of the molecule is CC(C)(C)c1ccc(N2c3cc(-c4ccccc4-c4ccccc4)cc4c3B(c3c(c5oc6ccccc6c5c5c3oc3ccccc35)N4c3ccccc3-c3ccccc3)c3c2c2oc4ccccc4c2c2c3oc3ccccc32)c(-c2ccccc2)c1.